The van der Waals surface area contributed by atoms with Gasteiger partial charge < -0.3 is 20.3 Å². The number of nitrogens with one attached hydrogen (secondary N) is 2. The number of benzene rings is 1. The lowest BCUT2D eigenvalue weighted by atomic mass is 10.1. The first kappa shape index (κ1) is 28.0. The summed E-state index contributed by atoms with van der Waals surface area (Å²) < 4.78 is 46.1. The van der Waals surface area contributed by atoms with Crippen molar-refractivity contribution in [3.05, 3.63) is 42.0 Å². The molecule has 1 aromatic carbocycles. The maximum absolute atomic E-state index is 13.5. The molecule has 0 saturated carbocycles. The predicted molar refractivity (Wildman–Crippen MR) is 123 cm³/mol. The second-order valence-electron chi connectivity index (χ2n) is 7.51. The Balaban J connectivity index is 0.00000841. The molecule has 170 valence electrons. The molecular formula is C20H30F3IN4O2. The molecule has 0 aromatic heterocycles. The molecule has 0 aliphatic heterocycles. The Hall–Kier alpha value is -1.98. The Morgan fingerprint density at radius 1 is 1.23 bits per heavy atom. The van der Waals surface area contributed by atoms with Crippen molar-refractivity contribution in [1.82, 2.24) is 15.5 Å². The van der Waals surface area contributed by atoms with Gasteiger partial charge in [-0.25, -0.2) is 4.99 Å². The van der Waals surface area contributed by atoms with Crippen LogP contribution in [0.1, 0.15) is 31.9 Å². The topological polar surface area (TPSA) is 66.0 Å². The van der Waals surface area contributed by atoms with Crippen molar-refractivity contribution < 1.29 is 22.7 Å². The molecule has 0 saturated heterocycles. The lowest BCUT2D eigenvalue weighted by Crippen LogP contribution is -2.43. The van der Waals surface area contributed by atoms with E-state index in [9.17, 15) is 18.0 Å². The number of ether oxygens (including phenoxy) is 1. The Labute approximate surface area is 193 Å². The maximum atomic E-state index is 13.5. The SMILES string of the molecule is C=CCNC(=NCc1ccc(OC(C)(C)C)cc1C(F)(F)F)NCC(=O)N(C)C.I. The third-order valence-corrected chi connectivity index (χ3v) is 3.54. The summed E-state index contributed by atoms with van der Waals surface area (Å²) in [5, 5.41) is 5.68. The van der Waals surface area contributed by atoms with Crippen LogP contribution in [0.5, 0.6) is 5.75 Å². The quantitative estimate of drug-likeness (QED) is 0.238. The van der Waals surface area contributed by atoms with Crippen molar-refractivity contribution in [2.45, 2.75) is 39.1 Å². The van der Waals surface area contributed by atoms with Crippen LogP contribution in [0.4, 0.5) is 13.2 Å². The van der Waals surface area contributed by atoms with E-state index < -0.39 is 17.3 Å². The molecular weight excluding hydrogens is 512 g/mol. The van der Waals surface area contributed by atoms with E-state index in [1.165, 1.54) is 17.0 Å². The predicted octanol–water partition coefficient (Wildman–Crippen LogP) is 3.81. The van der Waals surface area contributed by atoms with Gasteiger partial charge in [0.15, 0.2) is 5.96 Å². The van der Waals surface area contributed by atoms with Gasteiger partial charge in [0.25, 0.3) is 0 Å². The van der Waals surface area contributed by atoms with Crippen LogP contribution in [0.3, 0.4) is 0 Å². The van der Waals surface area contributed by atoms with E-state index in [0.717, 1.165) is 6.07 Å². The molecule has 0 unspecified atom stereocenters. The van der Waals surface area contributed by atoms with E-state index in [1.54, 1.807) is 40.9 Å². The van der Waals surface area contributed by atoms with Crippen LogP contribution in [0.25, 0.3) is 0 Å². The minimum atomic E-state index is -4.55. The third-order valence-electron chi connectivity index (χ3n) is 3.54. The highest BCUT2D eigenvalue weighted by atomic mass is 127. The highest BCUT2D eigenvalue weighted by Gasteiger charge is 2.34. The van der Waals surface area contributed by atoms with Gasteiger partial charge in [-0.3, -0.25) is 4.79 Å². The second-order valence-corrected chi connectivity index (χ2v) is 7.51. The molecule has 0 aliphatic carbocycles. The summed E-state index contributed by atoms with van der Waals surface area (Å²) in [6.07, 6.45) is -2.98. The number of alkyl halides is 3. The van der Waals surface area contributed by atoms with Crippen molar-refractivity contribution in [1.29, 1.82) is 0 Å². The largest absolute Gasteiger partial charge is 0.488 e. The number of rotatable bonds is 7. The van der Waals surface area contributed by atoms with Gasteiger partial charge in [-0.05, 0) is 38.5 Å². The Kier molecular flexibility index (Phi) is 11.2. The van der Waals surface area contributed by atoms with Crippen LogP contribution in [-0.2, 0) is 17.5 Å². The molecule has 0 fully saturated rings. The lowest BCUT2D eigenvalue weighted by molar-refractivity contribution is -0.138. The average Bonchev–Trinajstić information content (AvgIpc) is 2.59. The molecule has 30 heavy (non-hydrogen) atoms. The molecule has 2 N–H and O–H groups in total. The summed E-state index contributed by atoms with van der Waals surface area (Å²) in [6.45, 7) is 8.93. The summed E-state index contributed by atoms with van der Waals surface area (Å²) in [6, 6.07) is 3.82. The van der Waals surface area contributed by atoms with Gasteiger partial charge in [-0.1, -0.05) is 12.1 Å². The van der Waals surface area contributed by atoms with Gasteiger partial charge in [-0.15, -0.1) is 30.6 Å². The van der Waals surface area contributed by atoms with Crippen molar-refractivity contribution >= 4 is 35.8 Å². The monoisotopic (exact) mass is 542 g/mol. The number of aliphatic imine (C=N–C) groups is 1. The number of halogens is 4. The number of carbonyl (C=O) groups excluding carboxylic acids is 1. The smallest absolute Gasteiger partial charge is 0.416 e. The minimum Gasteiger partial charge on any atom is -0.488 e. The summed E-state index contributed by atoms with van der Waals surface area (Å²) >= 11 is 0. The van der Waals surface area contributed by atoms with Gasteiger partial charge in [0.1, 0.15) is 11.4 Å². The lowest BCUT2D eigenvalue weighted by Gasteiger charge is -2.22. The molecule has 6 nitrogen and oxygen atoms in total. The first-order chi connectivity index (χ1) is 13.3. The standard InChI is InChI=1S/C20H29F3N4O2.HI/c1-7-10-24-18(26-13-17(28)27(5)6)25-12-14-8-9-15(29-19(2,3)4)11-16(14)20(21,22)23;/h7-9,11H,1,10,12-13H2,2-6H3,(H2,24,25,26);1H. The van der Waals surface area contributed by atoms with Crippen molar-refractivity contribution in [3.8, 4) is 5.75 Å². The number of nitrogens with zero attached hydrogens (tertiary/aromatic N) is 2. The Morgan fingerprint density at radius 3 is 2.37 bits per heavy atom. The molecule has 1 aromatic rings. The number of hydrogen-bond donors (Lipinski definition) is 2. The zero-order chi connectivity index (χ0) is 22.2. The highest BCUT2D eigenvalue weighted by molar-refractivity contribution is 14.0. The van der Waals surface area contributed by atoms with Crippen LogP contribution in [0.15, 0.2) is 35.8 Å². The average molecular weight is 542 g/mol. The molecule has 1 amide bonds. The summed E-state index contributed by atoms with van der Waals surface area (Å²) in [4.78, 5) is 17.3. The molecule has 1 rings (SSSR count). The van der Waals surface area contributed by atoms with Crippen LogP contribution >= 0.6 is 24.0 Å². The van der Waals surface area contributed by atoms with Crippen molar-refractivity contribution in [2.75, 3.05) is 27.2 Å². The second kappa shape index (κ2) is 12.0. The number of guanidine groups is 1. The van der Waals surface area contributed by atoms with E-state index in [2.05, 4.69) is 22.2 Å². The zero-order valence-corrected chi connectivity index (χ0v) is 20.2. The number of amides is 1. The Morgan fingerprint density at radius 2 is 1.87 bits per heavy atom. The van der Waals surface area contributed by atoms with Gasteiger partial charge >= 0.3 is 6.18 Å². The van der Waals surface area contributed by atoms with E-state index in [4.69, 9.17) is 4.74 Å². The first-order valence-corrected chi connectivity index (χ1v) is 9.06. The molecule has 0 spiro atoms. The fourth-order valence-electron chi connectivity index (χ4n) is 2.20. The molecule has 0 atom stereocenters. The van der Waals surface area contributed by atoms with Crippen molar-refractivity contribution in [3.63, 3.8) is 0 Å². The van der Waals surface area contributed by atoms with Gasteiger partial charge in [-0.2, -0.15) is 13.2 Å². The van der Waals surface area contributed by atoms with E-state index in [-0.39, 0.29) is 60.2 Å². The highest BCUT2D eigenvalue weighted by Crippen LogP contribution is 2.35. The van der Waals surface area contributed by atoms with Crippen molar-refractivity contribution in [2.24, 2.45) is 4.99 Å². The number of carbonyl (C=O) groups is 1. The van der Waals surface area contributed by atoms with Gasteiger partial charge in [0, 0.05) is 20.6 Å². The first-order valence-electron chi connectivity index (χ1n) is 9.06. The molecule has 0 bridgehead atoms. The van der Waals surface area contributed by atoms with Gasteiger partial charge in [0.2, 0.25) is 5.91 Å². The van der Waals surface area contributed by atoms with Gasteiger partial charge in [0.05, 0.1) is 18.7 Å². The fourth-order valence-corrected chi connectivity index (χ4v) is 2.20. The minimum absolute atomic E-state index is 0. The van der Waals surface area contributed by atoms with E-state index in [1.807, 2.05) is 0 Å². The van der Waals surface area contributed by atoms with E-state index in [0.29, 0.717) is 6.54 Å². The summed E-state index contributed by atoms with van der Waals surface area (Å²) in [7, 11) is 3.21. The van der Waals surface area contributed by atoms with E-state index >= 15 is 0 Å². The number of likely N-dealkylation sites (N-methyl/N-ethyl adjacent to an activating group) is 1. The maximum Gasteiger partial charge on any atom is 0.416 e. The molecule has 0 aliphatic rings. The zero-order valence-electron chi connectivity index (χ0n) is 17.9. The van der Waals surface area contributed by atoms with Crippen LogP contribution in [0.2, 0.25) is 0 Å². The molecule has 10 heteroatoms. The number of hydrogen-bond acceptors (Lipinski definition) is 3. The molecule has 0 heterocycles. The van der Waals surface area contributed by atoms with Crippen LogP contribution in [0, 0.1) is 0 Å². The Bertz CT molecular complexity index is 745. The fraction of sp³-hybridized carbons (Fsp3) is 0.500. The normalized spacial score (nSPS) is 11.9. The third kappa shape index (κ3) is 10.2. The summed E-state index contributed by atoms with van der Waals surface area (Å²) in [5.41, 5.74) is -1.43. The van der Waals surface area contributed by atoms with Crippen LogP contribution in [-0.4, -0.2) is 49.6 Å². The van der Waals surface area contributed by atoms with Crippen LogP contribution < -0.4 is 15.4 Å². The molecule has 0 radical (unpaired) electrons. The summed E-state index contributed by atoms with van der Waals surface area (Å²) in [5.74, 6) is 0.151.